The van der Waals surface area contributed by atoms with Crippen LogP contribution in [0.5, 0.6) is 0 Å². The maximum atomic E-state index is 12.1. The lowest BCUT2D eigenvalue weighted by atomic mass is 10.2. The van der Waals surface area contributed by atoms with Gasteiger partial charge in [0, 0.05) is 34.5 Å². The molecule has 2 unspecified atom stereocenters. The largest absolute Gasteiger partial charge is 0.399 e. The van der Waals surface area contributed by atoms with Gasteiger partial charge in [0.15, 0.2) is 0 Å². The third kappa shape index (κ3) is 4.59. The Labute approximate surface area is 117 Å². The fraction of sp³-hybridized carbons (Fsp3) is 0.500. The number of hydrogen-bond acceptors (Lipinski definition) is 4. The number of nitrogen functional groups attached to an aromatic ring is 1. The van der Waals surface area contributed by atoms with Crippen molar-refractivity contribution < 1.29 is 12.6 Å². The molecule has 0 saturated carbocycles. The van der Waals surface area contributed by atoms with Crippen LogP contribution in [0.1, 0.15) is 18.9 Å². The molecular formula is C12H20N2O3S2. The van der Waals surface area contributed by atoms with Crippen LogP contribution in [0.15, 0.2) is 23.1 Å². The van der Waals surface area contributed by atoms with E-state index in [1.54, 1.807) is 25.3 Å². The zero-order valence-electron chi connectivity index (χ0n) is 11.3. The summed E-state index contributed by atoms with van der Waals surface area (Å²) in [4.78, 5) is 0.192. The van der Waals surface area contributed by atoms with E-state index < -0.39 is 20.8 Å². The molecule has 0 bridgehead atoms. The van der Waals surface area contributed by atoms with Crippen LogP contribution in [0, 0.1) is 6.92 Å². The molecule has 1 aromatic rings. The summed E-state index contributed by atoms with van der Waals surface area (Å²) in [6, 6.07) is 4.78. The Bertz CT molecular complexity index is 570. The highest BCUT2D eigenvalue weighted by atomic mass is 32.2. The summed E-state index contributed by atoms with van der Waals surface area (Å²) in [6.07, 6.45) is 2.14. The predicted octanol–water partition coefficient (Wildman–Crippen LogP) is 1.01. The Morgan fingerprint density at radius 3 is 2.63 bits per heavy atom. The average molecular weight is 304 g/mol. The van der Waals surface area contributed by atoms with Gasteiger partial charge in [-0.1, -0.05) is 13.0 Å². The zero-order chi connectivity index (χ0) is 14.6. The fourth-order valence-electron chi connectivity index (χ4n) is 1.55. The maximum Gasteiger partial charge on any atom is 0.240 e. The molecule has 7 heteroatoms. The minimum absolute atomic E-state index is 0.0374. The van der Waals surface area contributed by atoms with Crippen molar-refractivity contribution in [2.75, 3.05) is 18.5 Å². The van der Waals surface area contributed by atoms with E-state index >= 15 is 0 Å². The summed E-state index contributed by atoms with van der Waals surface area (Å²) in [5.74, 6) is 0. The number of rotatable bonds is 6. The van der Waals surface area contributed by atoms with Gasteiger partial charge in [-0.05, 0) is 31.0 Å². The van der Waals surface area contributed by atoms with Gasteiger partial charge in [-0.25, -0.2) is 13.1 Å². The lowest BCUT2D eigenvalue weighted by molar-refractivity contribution is 0.577. The Balaban J connectivity index is 2.76. The van der Waals surface area contributed by atoms with Crippen LogP contribution in [-0.4, -0.2) is 30.7 Å². The van der Waals surface area contributed by atoms with E-state index in [1.807, 2.05) is 6.92 Å². The van der Waals surface area contributed by atoms with E-state index in [9.17, 15) is 12.6 Å². The molecule has 0 aliphatic carbocycles. The minimum atomic E-state index is -3.56. The van der Waals surface area contributed by atoms with Gasteiger partial charge in [-0.3, -0.25) is 4.21 Å². The number of benzene rings is 1. The lowest BCUT2D eigenvalue weighted by Gasteiger charge is -2.12. The normalized spacial score (nSPS) is 15.1. The zero-order valence-corrected chi connectivity index (χ0v) is 13.0. The molecule has 0 amide bonds. The fourth-order valence-corrected chi connectivity index (χ4v) is 3.32. The Morgan fingerprint density at radius 2 is 2.05 bits per heavy atom. The molecule has 0 aliphatic rings. The Hall–Kier alpha value is -0.920. The van der Waals surface area contributed by atoms with Crippen LogP contribution in [0.25, 0.3) is 0 Å². The summed E-state index contributed by atoms with van der Waals surface area (Å²) in [5.41, 5.74) is 6.67. The third-order valence-electron chi connectivity index (χ3n) is 2.91. The number of anilines is 1. The Morgan fingerprint density at radius 1 is 1.42 bits per heavy atom. The molecule has 0 fully saturated rings. The Kier molecular flexibility index (Phi) is 5.51. The number of sulfonamides is 1. The smallest absolute Gasteiger partial charge is 0.240 e. The summed E-state index contributed by atoms with van der Waals surface area (Å²) >= 11 is 0. The summed E-state index contributed by atoms with van der Waals surface area (Å²) in [7, 11) is -4.51. The quantitative estimate of drug-likeness (QED) is 0.768. The minimum Gasteiger partial charge on any atom is -0.399 e. The van der Waals surface area contributed by atoms with Crippen molar-refractivity contribution in [3.05, 3.63) is 23.8 Å². The van der Waals surface area contributed by atoms with Crippen LogP contribution in [0.2, 0.25) is 0 Å². The molecule has 108 valence electrons. The van der Waals surface area contributed by atoms with E-state index in [1.165, 1.54) is 6.07 Å². The van der Waals surface area contributed by atoms with Crippen LogP contribution < -0.4 is 10.5 Å². The van der Waals surface area contributed by atoms with Gasteiger partial charge in [0.25, 0.3) is 0 Å². The molecule has 3 N–H and O–H groups in total. The number of aryl methyl sites for hydroxylation is 1. The maximum absolute atomic E-state index is 12.1. The first-order chi connectivity index (χ1) is 8.74. The van der Waals surface area contributed by atoms with Crippen molar-refractivity contribution >= 4 is 26.5 Å². The first-order valence-electron chi connectivity index (χ1n) is 5.92. The van der Waals surface area contributed by atoms with Crippen molar-refractivity contribution in [1.29, 1.82) is 0 Å². The number of hydrogen-bond donors (Lipinski definition) is 2. The topological polar surface area (TPSA) is 89.3 Å². The van der Waals surface area contributed by atoms with E-state index in [2.05, 4.69) is 4.72 Å². The average Bonchev–Trinajstić information content (AvgIpc) is 2.31. The molecule has 0 saturated heterocycles. The first-order valence-corrected chi connectivity index (χ1v) is 9.02. The van der Waals surface area contributed by atoms with Gasteiger partial charge in [-0.2, -0.15) is 0 Å². The van der Waals surface area contributed by atoms with E-state index in [4.69, 9.17) is 5.73 Å². The predicted molar refractivity (Wildman–Crippen MR) is 78.9 cm³/mol. The summed E-state index contributed by atoms with van der Waals surface area (Å²) in [6.45, 7) is 3.81. The molecule has 1 aromatic carbocycles. The molecule has 1 rings (SSSR count). The molecular weight excluding hydrogens is 284 g/mol. The first kappa shape index (κ1) is 16.1. The molecule has 19 heavy (non-hydrogen) atoms. The highest BCUT2D eigenvalue weighted by Crippen LogP contribution is 2.18. The van der Waals surface area contributed by atoms with Gasteiger partial charge >= 0.3 is 0 Å². The van der Waals surface area contributed by atoms with Crippen LogP contribution >= 0.6 is 0 Å². The van der Waals surface area contributed by atoms with Crippen molar-refractivity contribution in [1.82, 2.24) is 4.72 Å². The second-order valence-corrected chi connectivity index (χ2v) is 8.06. The van der Waals surface area contributed by atoms with Crippen LogP contribution in [0.3, 0.4) is 0 Å². The summed E-state index contributed by atoms with van der Waals surface area (Å²) < 4.78 is 37.9. The van der Waals surface area contributed by atoms with Gasteiger partial charge in [0.05, 0.1) is 4.90 Å². The van der Waals surface area contributed by atoms with Gasteiger partial charge in [-0.15, -0.1) is 0 Å². The van der Waals surface area contributed by atoms with Crippen molar-refractivity contribution in [2.45, 2.75) is 30.4 Å². The standard InChI is InChI=1S/C12H20N2O3S2/c1-9-4-5-11(13)8-12(9)19(16,17)14-7-6-10(2)18(3)15/h4-5,8,10,14H,6-7,13H2,1-3H3. The molecule has 0 aliphatic heterocycles. The number of nitrogens with two attached hydrogens (primary N) is 1. The van der Waals surface area contributed by atoms with E-state index in [0.29, 0.717) is 17.7 Å². The molecule has 5 nitrogen and oxygen atoms in total. The van der Waals surface area contributed by atoms with Crippen LogP contribution in [-0.2, 0) is 20.8 Å². The summed E-state index contributed by atoms with van der Waals surface area (Å²) in [5, 5.41) is -0.0374. The van der Waals surface area contributed by atoms with Gasteiger partial charge < -0.3 is 5.73 Å². The highest BCUT2D eigenvalue weighted by molar-refractivity contribution is 7.89. The SMILES string of the molecule is Cc1ccc(N)cc1S(=O)(=O)NCCC(C)S(C)=O. The van der Waals surface area contributed by atoms with Gasteiger partial charge in [0.1, 0.15) is 0 Å². The number of nitrogens with one attached hydrogen (secondary N) is 1. The highest BCUT2D eigenvalue weighted by Gasteiger charge is 2.17. The molecule has 0 heterocycles. The van der Waals surface area contributed by atoms with Gasteiger partial charge in [0.2, 0.25) is 10.0 Å². The monoisotopic (exact) mass is 304 g/mol. The molecule has 0 aromatic heterocycles. The van der Waals surface area contributed by atoms with Crippen LogP contribution in [0.4, 0.5) is 5.69 Å². The van der Waals surface area contributed by atoms with E-state index in [-0.39, 0.29) is 16.7 Å². The molecule has 2 atom stereocenters. The second-order valence-electron chi connectivity index (χ2n) is 4.52. The molecule has 0 spiro atoms. The van der Waals surface area contributed by atoms with Crippen molar-refractivity contribution in [3.8, 4) is 0 Å². The van der Waals surface area contributed by atoms with Crippen molar-refractivity contribution in [2.24, 2.45) is 0 Å². The third-order valence-corrected chi connectivity index (χ3v) is 5.88. The van der Waals surface area contributed by atoms with Crippen molar-refractivity contribution in [3.63, 3.8) is 0 Å². The molecule has 0 radical (unpaired) electrons. The van der Waals surface area contributed by atoms with E-state index in [0.717, 1.165) is 0 Å². The second kappa shape index (κ2) is 6.49. The lowest BCUT2D eigenvalue weighted by Crippen LogP contribution is -2.28.